The molecule has 0 saturated carbocycles. The summed E-state index contributed by atoms with van der Waals surface area (Å²) in [6.45, 7) is 4.50. The van der Waals surface area contributed by atoms with Gasteiger partial charge in [0.15, 0.2) is 0 Å². The number of rotatable bonds is 2. The van der Waals surface area contributed by atoms with E-state index in [4.69, 9.17) is 16.7 Å². The lowest BCUT2D eigenvalue weighted by molar-refractivity contribution is 0.350. The van der Waals surface area contributed by atoms with Crippen LogP contribution in [0.3, 0.4) is 0 Å². The van der Waals surface area contributed by atoms with Crippen molar-refractivity contribution in [3.63, 3.8) is 0 Å². The molecule has 1 aromatic rings. The third kappa shape index (κ3) is 4.13. The Balaban J connectivity index is 3.22. The quantitative estimate of drug-likeness (QED) is 0.823. The molecule has 0 aliphatic heterocycles. The van der Waals surface area contributed by atoms with Crippen LogP contribution in [0.15, 0.2) is 18.2 Å². The highest BCUT2D eigenvalue weighted by Crippen LogP contribution is 2.24. The highest BCUT2D eigenvalue weighted by molar-refractivity contribution is 7.94. The Kier molecular flexibility index (Phi) is 4.86. The topological polar surface area (TPSA) is 66.4 Å². The molecule has 4 nitrogen and oxygen atoms in total. The molecule has 0 radical (unpaired) electrons. The van der Waals surface area contributed by atoms with Gasteiger partial charge in [0.1, 0.15) is 6.61 Å². The molecule has 0 heterocycles. The lowest BCUT2D eigenvalue weighted by Gasteiger charge is -2.21. The number of sulfonamides is 1. The van der Waals surface area contributed by atoms with Gasteiger partial charge >= 0.3 is 0 Å². The summed E-state index contributed by atoms with van der Waals surface area (Å²) in [7, 11) is -3.53. The third-order valence-electron chi connectivity index (χ3n) is 2.33. The van der Waals surface area contributed by atoms with Crippen LogP contribution in [0.4, 0.5) is 5.69 Å². The van der Waals surface area contributed by atoms with E-state index in [-0.39, 0.29) is 6.61 Å². The van der Waals surface area contributed by atoms with Gasteiger partial charge in [-0.3, -0.25) is 4.72 Å². The molecular weight excluding hydrogens is 286 g/mol. The summed E-state index contributed by atoms with van der Waals surface area (Å²) in [5.74, 6) is 5.14. The van der Waals surface area contributed by atoms with Crippen molar-refractivity contribution in [2.24, 2.45) is 0 Å². The van der Waals surface area contributed by atoms with Crippen molar-refractivity contribution in [3.8, 4) is 11.8 Å². The molecular formula is C13H16ClNO3S. The fourth-order valence-corrected chi connectivity index (χ4v) is 2.09. The zero-order valence-corrected chi connectivity index (χ0v) is 12.6. The molecule has 0 amide bonds. The zero-order chi connectivity index (χ0) is 14.7. The Morgan fingerprint density at radius 1 is 1.37 bits per heavy atom. The van der Waals surface area contributed by atoms with Crippen molar-refractivity contribution >= 4 is 27.3 Å². The molecule has 104 valence electrons. The third-order valence-corrected chi connectivity index (χ3v) is 4.67. The molecule has 0 aliphatic rings. The van der Waals surface area contributed by atoms with E-state index in [1.807, 2.05) is 0 Å². The van der Waals surface area contributed by atoms with E-state index in [1.54, 1.807) is 39.0 Å². The van der Waals surface area contributed by atoms with Crippen LogP contribution in [0.5, 0.6) is 0 Å². The number of nitrogens with one attached hydrogen (secondary N) is 1. The van der Waals surface area contributed by atoms with Crippen molar-refractivity contribution in [3.05, 3.63) is 28.8 Å². The number of anilines is 1. The minimum absolute atomic E-state index is 0.308. The standard InChI is InChI=1S/C13H16ClNO3S/c1-13(2,3)19(17,18)15-12-7-6-11(14)9-10(12)5-4-8-16/h6-7,9,15-16H,8H2,1-3H3. The number of aliphatic hydroxyl groups is 1. The smallest absolute Gasteiger partial charge is 0.237 e. The highest BCUT2D eigenvalue weighted by atomic mass is 35.5. The van der Waals surface area contributed by atoms with Crippen LogP contribution in [0, 0.1) is 11.8 Å². The van der Waals surface area contributed by atoms with Gasteiger partial charge in [0, 0.05) is 5.02 Å². The molecule has 1 rings (SSSR count). The molecule has 0 atom stereocenters. The summed E-state index contributed by atoms with van der Waals surface area (Å²) in [5, 5.41) is 9.15. The number of halogens is 1. The number of hydrogen-bond acceptors (Lipinski definition) is 3. The molecule has 19 heavy (non-hydrogen) atoms. The summed E-state index contributed by atoms with van der Waals surface area (Å²) in [4.78, 5) is 0. The lowest BCUT2D eigenvalue weighted by Crippen LogP contribution is -2.33. The van der Waals surface area contributed by atoms with Crippen LogP contribution in [0.1, 0.15) is 26.3 Å². The summed E-state index contributed by atoms with van der Waals surface area (Å²) >= 11 is 5.85. The Labute approximate surface area is 118 Å². The molecule has 2 N–H and O–H groups in total. The summed E-state index contributed by atoms with van der Waals surface area (Å²) in [6.07, 6.45) is 0. The maximum absolute atomic E-state index is 12.1. The van der Waals surface area contributed by atoms with Gasteiger partial charge in [0.25, 0.3) is 0 Å². The maximum atomic E-state index is 12.1. The Morgan fingerprint density at radius 3 is 2.53 bits per heavy atom. The second kappa shape index (κ2) is 5.83. The van der Waals surface area contributed by atoms with Gasteiger partial charge in [-0.15, -0.1) is 0 Å². The first-order valence-corrected chi connectivity index (χ1v) is 7.45. The van der Waals surface area contributed by atoms with E-state index in [1.165, 1.54) is 0 Å². The molecule has 1 aromatic carbocycles. The maximum Gasteiger partial charge on any atom is 0.237 e. The molecule has 0 aromatic heterocycles. The van der Waals surface area contributed by atoms with Gasteiger partial charge in [-0.25, -0.2) is 8.42 Å². The molecule has 0 spiro atoms. The molecule has 0 unspecified atom stereocenters. The first kappa shape index (κ1) is 15.8. The molecule has 0 fully saturated rings. The van der Waals surface area contributed by atoms with E-state index in [0.717, 1.165) is 0 Å². The molecule has 0 aliphatic carbocycles. The van der Waals surface area contributed by atoms with Crippen LogP contribution in [-0.2, 0) is 10.0 Å². The number of aliphatic hydroxyl groups excluding tert-OH is 1. The van der Waals surface area contributed by atoms with Gasteiger partial charge in [-0.05, 0) is 39.0 Å². The average molecular weight is 302 g/mol. The fraction of sp³-hybridized carbons (Fsp3) is 0.385. The van der Waals surface area contributed by atoms with Crippen LogP contribution in [0.25, 0.3) is 0 Å². The van der Waals surface area contributed by atoms with Gasteiger partial charge in [0.2, 0.25) is 10.0 Å². The molecule has 6 heteroatoms. The second-order valence-electron chi connectivity index (χ2n) is 4.87. The van der Waals surface area contributed by atoms with E-state index in [2.05, 4.69) is 16.6 Å². The summed E-state index contributed by atoms with van der Waals surface area (Å²) in [6, 6.07) is 4.67. The van der Waals surface area contributed by atoms with E-state index in [9.17, 15) is 8.42 Å². The SMILES string of the molecule is CC(C)(C)S(=O)(=O)Nc1ccc(Cl)cc1C#CCO. The van der Waals surface area contributed by atoms with Crippen LogP contribution >= 0.6 is 11.6 Å². The number of benzene rings is 1. The second-order valence-corrected chi connectivity index (χ2v) is 7.74. The van der Waals surface area contributed by atoms with Gasteiger partial charge in [0.05, 0.1) is 16.0 Å². The van der Waals surface area contributed by atoms with Crippen molar-refractivity contribution in [1.29, 1.82) is 0 Å². The minimum Gasteiger partial charge on any atom is -0.384 e. The number of hydrogen-bond donors (Lipinski definition) is 2. The van der Waals surface area contributed by atoms with Crippen molar-refractivity contribution in [2.75, 3.05) is 11.3 Å². The van der Waals surface area contributed by atoms with Gasteiger partial charge in [-0.1, -0.05) is 23.4 Å². The Bertz CT molecular complexity index is 622. The zero-order valence-electron chi connectivity index (χ0n) is 11.0. The Hall–Kier alpha value is -1.22. The normalized spacial score (nSPS) is 11.6. The monoisotopic (exact) mass is 301 g/mol. The lowest BCUT2D eigenvalue weighted by atomic mass is 10.2. The van der Waals surface area contributed by atoms with E-state index >= 15 is 0 Å². The van der Waals surface area contributed by atoms with E-state index < -0.39 is 14.8 Å². The first-order valence-electron chi connectivity index (χ1n) is 5.59. The Morgan fingerprint density at radius 2 is 2.00 bits per heavy atom. The molecule has 0 bridgehead atoms. The fourth-order valence-electron chi connectivity index (χ4n) is 1.14. The van der Waals surface area contributed by atoms with Crippen molar-refractivity contribution < 1.29 is 13.5 Å². The van der Waals surface area contributed by atoms with Crippen LogP contribution in [-0.4, -0.2) is 24.9 Å². The van der Waals surface area contributed by atoms with Crippen molar-refractivity contribution in [2.45, 2.75) is 25.5 Å². The average Bonchev–Trinajstić information content (AvgIpc) is 2.27. The van der Waals surface area contributed by atoms with Gasteiger partial charge in [-0.2, -0.15) is 0 Å². The predicted molar refractivity (Wildman–Crippen MR) is 77.7 cm³/mol. The predicted octanol–water partition coefficient (Wildman–Crippen LogP) is 2.22. The van der Waals surface area contributed by atoms with Crippen molar-refractivity contribution in [1.82, 2.24) is 0 Å². The van der Waals surface area contributed by atoms with Crippen LogP contribution < -0.4 is 4.72 Å². The summed E-state index contributed by atoms with van der Waals surface area (Å²) in [5.41, 5.74) is 0.773. The summed E-state index contributed by atoms with van der Waals surface area (Å²) < 4.78 is 25.7. The first-order chi connectivity index (χ1) is 8.67. The molecule has 0 saturated heterocycles. The highest BCUT2D eigenvalue weighted by Gasteiger charge is 2.29. The van der Waals surface area contributed by atoms with Gasteiger partial charge < -0.3 is 5.11 Å². The van der Waals surface area contributed by atoms with Crippen LogP contribution in [0.2, 0.25) is 5.02 Å². The van der Waals surface area contributed by atoms with E-state index in [0.29, 0.717) is 16.3 Å². The minimum atomic E-state index is -3.53. The largest absolute Gasteiger partial charge is 0.384 e.